The third-order valence-corrected chi connectivity index (χ3v) is 3.82. The monoisotopic (exact) mass is 263 g/mol. The molecule has 100 valence electrons. The number of benzene rings is 2. The fourth-order valence-electron chi connectivity index (χ4n) is 2.65. The normalized spacial score (nSPS) is 17.2. The van der Waals surface area contributed by atoms with E-state index in [9.17, 15) is 5.21 Å². The Morgan fingerprint density at radius 3 is 1.85 bits per heavy atom. The van der Waals surface area contributed by atoms with Crippen LogP contribution in [0, 0.1) is 5.21 Å². The highest BCUT2D eigenvalue weighted by molar-refractivity contribution is 6.12. The lowest BCUT2D eigenvalue weighted by molar-refractivity contribution is -0.516. The van der Waals surface area contributed by atoms with Gasteiger partial charge in [0.05, 0.1) is 0 Å². The van der Waals surface area contributed by atoms with Gasteiger partial charge in [0, 0.05) is 31.1 Å². The van der Waals surface area contributed by atoms with Crippen LogP contribution in [0.3, 0.4) is 0 Å². The van der Waals surface area contributed by atoms with Crippen molar-refractivity contribution >= 4 is 11.3 Å². The van der Waals surface area contributed by atoms with Crippen LogP contribution in [0.4, 0.5) is 0 Å². The van der Waals surface area contributed by atoms with Gasteiger partial charge in [0.1, 0.15) is 0 Å². The molecule has 0 saturated heterocycles. The molecule has 0 spiro atoms. The second-order valence-corrected chi connectivity index (χ2v) is 5.53. The molecule has 0 unspecified atom stereocenters. The maximum Gasteiger partial charge on any atom is 0.219 e. The van der Waals surface area contributed by atoms with E-state index in [1.54, 1.807) is 0 Å². The molecule has 2 heteroatoms. The molecule has 2 aromatic carbocycles. The average Bonchev–Trinajstić information content (AvgIpc) is 2.72. The number of nitrogens with zero attached hydrogens (tertiary/aromatic N) is 1. The summed E-state index contributed by atoms with van der Waals surface area (Å²) in [5.74, 6) is 0. The molecule has 0 aliphatic carbocycles. The molecule has 0 saturated carbocycles. The lowest BCUT2D eigenvalue weighted by Gasteiger charge is -2.23. The molecule has 1 aliphatic heterocycles. The van der Waals surface area contributed by atoms with Crippen LogP contribution in [0.5, 0.6) is 0 Å². The summed E-state index contributed by atoms with van der Waals surface area (Å²) in [6.07, 6.45) is 2.01. The van der Waals surface area contributed by atoms with E-state index in [1.165, 1.54) is 0 Å². The van der Waals surface area contributed by atoms with Crippen molar-refractivity contribution in [3.8, 4) is 0 Å². The van der Waals surface area contributed by atoms with Gasteiger partial charge in [-0.25, -0.2) is 0 Å². The summed E-state index contributed by atoms with van der Waals surface area (Å²) in [4.78, 5) is 0. The van der Waals surface area contributed by atoms with Crippen LogP contribution < -0.4 is 0 Å². The van der Waals surface area contributed by atoms with Crippen LogP contribution in [0.15, 0.2) is 66.7 Å². The van der Waals surface area contributed by atoms with Gasteiger partial charge in [-0.2, -0.15) is 4.74 Å². The molecule has 1 aliphatic rings. The van der Waals surface area contributed by atoms with Gasteiger partial charge >= 0.3 is 0 Å². The topological polar surface area (TPSA) is 26.1 Å². The summed E-state index contributed by atoms with van der Waals surface area (Å²) < 4.78 is 1.12. The van der Waals surface area contributed by atoms with Gasteiger partial charge in [-0.15, -0.1) is 0 Å². The largest absolute Gasteiger partial charge is 0.623 e. The van der Waals surface area contributed by atoms with E-state index >= 15 is 0 Å². The first-order valence-electron chi connectivity index (χ1n) is 6.78. The Hall–Kier alpha value is -2.35. The quantitative estimate of drug-likeness (QED) is 0.597. The van der Waals surface area contributed by atoms with Gasteiger partial charge in [0.25, 0.3) is 0 Å². The first-order valence-corrected chi connectivity index (χ1v) is 6.78. The lowest BCUT2D eigenvalue weighted by Crippen LogP contribution is -2.32. The van der Waals surface area contributed by atoms with Crippen molar-refractivity contribution in [2.45, 2.75) is 19.4 Å². The fraction of sp³-hybridized carbons (Fsp3) is 0.167. The maximum absolute atomic E-state index is 12.6. The summed E-state index contributed by atoms with van der Waals surface area (Å²) in [5.41, 5.74) is 3.30. The molecule has 0 amide bonds. The van der Waals surface area contributed by atoms with Crippen LogP contribution in [-0.4, -0.2) is 16.0 Å². The molecule has 2 nitrogen and oxygen atoms in total. The Balaban J connectivity index is 2.12. The van der Waals surface area contributed by atoms with Gasteiger partial charge < -0.3 is 5.21 Å². The molecular formula is C18H17NO. The van der Waals surface area contributed by atoms with E-state index < -0.39 is 5.54 Å². The Morgan fingerprint density at radius 2 is 1.30 bits per heavy atom. The van der Waals surface area contributed by atoms with E-state index in [0.717, 1.165) is 27.2 Å². The number of hydrogen-bond donors (Lipinski definition) is 0. The lowest BCUT2D eigenvalue weighted by atomic mass is 9.90. The molecule has 2 aromatic rings. The highest BCUT2D eigenvalue weighted by Crippen LogP contribution is 2.35. The first kappa shape index (κ1) is 12.7. The average molecular weight is 263 g/mol. The minimum Gasteiger partial charge on any atom is -0.623 e. The predicted molar refractivity (Wildman–Crippen MR) is 82.7 cm³/mol. The van der Waals surface area contributed by atoms with Crippen LogP contribution in [0.1, 0.15) is 25.0 Å². The molecule has 0 aromatic heterocycles. The molecule has 1 heterocycles. The summed E-state index contributed by atoms with van der Waals surface area (Å²) in [6, 6.07) is 19.9. The van der Waals surface area contributed by atoms with Crippen molar-refractivity contribution in [2.24, 2.45) is 0 Å². The summed E-state index contributed by atoms with van der Waals surface area (Å²) in [7, 11) is 0. The van der Waals surface area contributed by atoms with Crippen molar-refractivity contribution < 1.29 is 4.74 Å². The number of hydroxylamine groups is 1. The van der Waals surface area contributed by atoms with E-state index in [0.29, 0.717) is 0 Å². The Labute approximate surface area is 119 Å². The molecule has 0 N–H and O–H groups in total. The summed E-state index contributed by atoms with van der Waals surface area (Å²) >= 11 is 0. The fourth-order valence-corrected chi connectivity index (χ4v) is 2.65. The van der Waals surface area contributed by atoms with Gasteiger partial charge in [0.15, 0.2) is 5.54 Å². The highest BCUT2D eigenvalue weighted by atomic mass is 16.5. The third kappa shape index (κ3) is 1.94. The zero-order valence-corrected chi connectivity index (χ0v) is 11.7. The van der Waals surface area contributed by atoms with Gasteiger partial charge in [-0.3, -0.25) is 0 Å². The Bertz CT molecular complexity index is 682. The smallest absolute Gasteiger partial charge is 0.219 e. The molecule has 0 atom stereocenters. The first-order chi connectivity index (χ1) is 9.60. The number of allylic oxidation sites excluding steroid dienone is 1. The van der Waals surface area contributed by atoms with Gasteiger partial charge in [-0.1, -0.05) is 48.5 Å². The van der Waals surface area contributed by atoms with E-state index in [2.05, 4.69) is 12.1 Å². The predicted octanol–water partition coefficient (Wildman–Crippen LogP) is 3.86. The molecular weight excluding hydrogens is 246 g/mol. The molecule has 3 rings (SSSR count). The maximum atomic E-state index is 12.6. The third-order valence-electron chi connectivity index (χ3n) is 3.82. The van der Waals surface area contributed by atoms with Crippen molar-refractivity contribution in [1.29, 1.82) is 0 Å². The van der Waals surface area contributed by atoms with Crippen LogP contribution in [0.2, 0.25) is 0 Å². The summed E-state index contributed by atoms with van der Waals surface area (Å²) in [5, 5.41) is 12.6. The van der Waals surface area contributed by atoms with E-state index in [1.807, 2.05) is 68.5 Å². The van der Waals surface area contributed by atoms with Gasteiger partial charge in [-0.05, 0) is 17.7 Å². The molecule has 0 fully saturated rings. The van der Waals surface area contributed by atoms with Crippen molar-refractivity contribution in [3.05, 3.63) is 83.1 Å². The van der Waals surface area contributed by atoms with Crippen molar-refractivity contribution in [3.63, 3.8) is 0 Å². The Morgan fingerprint density at radius 1 is 0.800 bits per heavy atom. The molecule has 20 heavy (non-hydrogen) atoms. The highest BCUT2D eigenvalue weighted by Gasteiger charge is 2.40. The summed E-state index contributed by atoms with van der Waals surface area (Å²) in [6.45, 7) is 3.93. The van der Waals surface area contributed by atoms with Gasteiger partial charge in [0.2, 0.25) is 5.71 Å². The molecule has 0 bridgehead atoms. The van der Waals surface area contributed by atoms with Crippen molar-refractivity contribution in [2.75, 3.05) is 0 Å². The van der Waals surface area contributed by atoms with Crippen LogP contribution in [-0.2, 0) is 0 Å². The second kappa shape index (κ2) is 4.64. The van der Waals surface area contributed by atoms with Crippen LogP contribution >= 0.6 is 0 Å². The molecule has 0 radical (unpaired) electrons. The SMILES string of the molecule is CC1(C)C(c2ccccc2)=CC(c2ccccc2)=[N+]1[O-]. The zero-order chi connectivity index (χ0) is 14.2. The van der Waals surface area contributed by atoms with Crippen LogP contribution in [0.25, 0.3) is 5.57 Å². The second-order valence-electron chi connectivity index (χ2n) is 5.53. The van der Waals surface area contributed by atoms with Crippen molar-refractivity contribution in [1.82, 2.24) is 0 Å². The van der Waals surface area contributed by atoms with E-state index in [4.69, 9.17) is 0 Å². The number of hydrogen-bond acceptors (Lipinski definition) is 1. The minimum atomic E-state index is -0.549. The standard InChI is InChI=1S/C18H17NO/c1-18(2)16(14-9-5-3-6-10-14)13-17(19(18)20)15-11-7-4-8-12-15/h3-13H,1-2H3. The zero-order valence-electron chi connectivity index (χ0n) is 11.7. The number of rotatable bonds is 2. The minimum absolute atomic E-state index is 0.549. The van der Waals surface area contributed by atoms with E-state index in [-0.39, 0.29) is 0 Å². The Kier molecular flexibility index (Phi) is 2.94.